The van der Waals surface area contributed by atoms with E-state index in [1.807, 2.05) is 6.92 Å². The molecular weight excluding hydrogens is 219 g/mol. The third kappa shape index (κ3) is 11.4. The molecule has 5 heteroatoms. The van der Waals surface area contributed by atoms with Gasteiger partial charge in [-0.15, -0.1) is 0 Å². The van der Waals surface area contributed by atoms with E-state index >= 15 is 0 Å². The first kappa shape index (κ1) is 15.3. The van der Waals surface area contributed by atoms with Gasteiger partial charge in [0.15, 0.2) is 0 Å². The van der Waals surface area contributed by atoms with Crippen molar-refractivity contribution in [3.05, 3.63) is 12.8 Å². The average Bonchev–Trinajstić information content (AvgIpc) is 2.15. The maximum absolute atomic E-state index is 11.9. The SMILES string of the molecule is C=COCCCNC(C)CCCC(F)(F)F. The topological polar surface area (TPSA) is 21.3 Å². The van der Waals surface area contributed by atoms with E-state index < -0.39 is 12.6 Å². The molecule has 0 amide bonds. The first-order chi connectivity index (χ1) is 7.45. The molecule has 2 nitrogen and oxygen atoms in total. The van der Waals surface area contributed by atoms with Crippen LogP contribution in [0.15, 0.2) is 12.8 Å². The molecule has 16 heavy (non-hydrogen) atoms. The van der Waals surface area contributed by atoms with Gasteiger partial charge in [0.25, 0.3) is 0 Å². The van der Waals surface area contributed by atoms with Crippen LogP contribution < -0.4 is 5.32 Å². The molecule has 1 unspecified atom stereocenters. The molecule has 0 spiro atoms. The minimum atomic E-state index is -4.03. The van der Waals surface area contributed by atoms with E-state index in [1.165, 1.54) is 6.26 Å². The summed E-state index contributed by atoms with van der Waals surface area (Å²) in [4.78, 5) is 0. The molecule has 0 aromatic carbocycles. The lowest BCUT2D eigenvalue weighted by molar-refractivity contribution is -0.135. The van der Waals surface area contributed by atoms with Crippen molar-refractivity contribution in [3.8, 4) is 0 Å². The monoisotopic (exact) mass is 239 g/mol. The van der Waals surface area contributed by atoms with Gasteiger partial charge < -0.3 is 10.1 Å². The minimum Gasteiger partial charge on any atom is -0.502 e. The molecule has 0 bridgehead atoms. The lowest BCUT2D eigenvalue weighted by Crippen LogP contribution is -2.27. The van der Waals surface area contributed by atoms with Crippen LogP contribution in [0.2, 0.25) is 0 Å². The van der Waals surface area contributed by atoms with Crippen LogP contribution >= 0.6 is 0 Å². The van der Waals surface area contributed by atoms with E-state index in [0.29, 0.717) is 13.0 Å². The van der Waals surface area contributed by atoms with Crippen molar-refractivity contribution >= 4 is 0 Å². The molecule has 1 N–H and O–H groups in total. The molecule has 1 atom stereocenters. The highest BCUT2D eigenvalue weighted by Crippen LogP contribution is 2.22. The zero-order valence-corrected chi connectivity index (χ0v) is 9.65. The Hall–Kier alpha value is -0.710. The molecule has 0 aromatic rings. The van der Waals surface area contributed by atoms with Gasteiger partial charge in [0.1, 0.15) is 0 Å². The van der Waals surface area contributed by atoms with Crippen LogP contribution in [0.3, 0.4) is 0 Å². The van der Waals surface area contributed by atoms with E-state index in [1.54, 1.807) is 0 Å². The fraction of sp³-hybridized carbons (Fsp3) is 0.818. The second-order valence-electron chi connectivity index (χ2n) is 3.75. The molecule has 0 saturated carbocycles. The van der Waals surface area contributed by atoms with Crippen molar-refractivity contribution in [3.63, 3.8) is 0 Å². The summed E-state index contributed by atoms with van der Waals surface area (Å²) in [5, 5.41) is 3.15. The maximum atomic E-state index is 11.9. The predicted octanol–water partition coefficient (Wildman–Crippen LogP) is 3.25. The highest BCUT2D eigenvalue weighted by molar-refractivity contribution is 4.62. The standard InChI is InChI=1S/C11H20F3NO/c1-3-16-9-5-8-15-10(2)6-4-7-11(12,13)14/h3,10,15H,1,4-9H2,2H3. The summed E-state index contributed by atoms with van der Waals surface area (Å²) in [6.07, 6.45) is -1.79. The molecule has 0 aliphatic heterocycles. The van der Waals surface area contributed by atoms with Crippen LogP contribution in [0.25, 0.3) is 0 Å². The predicted molar refractivity (Wildman–Crippen MR) is 58.1 cm³/mol. The molecule has 0 saturated heterocycles. The summed E-state index contributed by atoms with van der Waals surface area (Å²) in [6.45, 7) is 6.64. The van der Waals surface area contributed by atoms with Crippen LogP contribution in [0.4, 0.5) is 13.2 Å². The van der Waals surface area contributed by atoms with Gasteiger partial charge in [-0.05, 0) is 32.7 Å². The van der Waals surface area contributed by atoms with Crippen molar-refractivity contribution in [2.45, 2.75) is 44.8 Å². The molecule has 0 radical (unpaired) electrons. The Balaban J connectivity index is 3.31. The lowest BCUT2D eigenvalue weighted by Gasteiger charge is -2.14. The van der Waals surface area contributed by atoms with Gasteiger partial charge in [0.2, 0.25) is 0 Å². The minimum absolute atomic E-state index is 0.117. The number of ether oxygens (including phenoxy) is 1. The summed E-state index contributed by atoms with van der Waals surface area (Å²) < 4.78 is 40.5. The third-order valence-corrected chi connectivity index (χ3v) is 2.15. The summed E-state index contributed by atoms with van der Waals surface area (Å²) in [6, 6.07) is 0.117. The summed E-state index contributed by atoms with van der Waals surface area (Å²) >= 11 is 0. The Morgan fingerprint density at radius 1 is 1.38 bits per heavy atom. The Morgan fingerprint density at radius 3 is 2.62 bits per heavy atom. The van der Waals surface area contributed by atoms with Gasteiger partial charge in [-0.3, -0.25) is 0 Å². The normalized spacial score (nSPS) is 13.5. The van der Waals surface area contributed by atoms with Crippen molar-refractivity contribution < 1.29 is 17.9 Å². The van der Waals surface area contributed by atoms with E-state index in [-0.39, 0.29) is 12.5 Å². The number of rotatable bonds is 9. The number of halogens is 3. The fourth-order valence-electron chi connectivity index (χ4n) is 1.30. The van der Waals surface area contributed by atoms with Crippen LogP contribution in [-0.4, -0.2) is 25.4 Å². The summed E-state index contributed by atoms with van der Waals surface area (Å²) in [5.74, 6) is 0. The first-order valence-electron chi connectivity index (χ1n) is 5.48. The number of hydrogen-bond acceptors (Lipinski definition) is 2. The summed E-state index contributed by atoms with van der Waals surface area (Å²) in [5.41, 5.74) is 0. The molecular formula is C11H20F3NO. The zero-order chi connectivity index (χ0) is 12.4. The van der Waals surface area contributed by atoms with Crippen LogP contribution in [-0.2, 0) is 4.74 Å². The highest BCUT2D eigenvalue weighted by atomic mass is 19.4. The number of nitrogens with one attached hydrogen (secondary N) is 1. The van der Waals surface area contributed by atoms with Crippen LogP contribution in [0, 0.1) is 0 Å². The van der Waals surface area contributed by atoms with Crippen molar-refractivity contribution in [1.82, 2.24) is 5.32 Å². The number of hydrogen-bond donors (Lipinski definition) is 1. The highest BCUT2D eigenvalue weighted by Gasteiger charge is 2.26. The van der Waals surface area contributed by atoms with Gasteiger partial charge in [-0.25, -0.2) is 0 Å². The second-order valence-corrected chi connectivity index (χ2v) is 3.75. The molecule has 0 aliphatic rings. The Morgan fingerprint density at radius 2 is 2.06 bits per heavy atom. The van der Waals surface area contributed by atoms with Gasteiger partial charge in [0, 0.05) is 12.5 Å². The fourth-order valence-corrected chi connectivity index (χ4v) is 1.30. The number of alkyl halides is 3. The molecule has 0 heterocycles. The van der Waals surface area contributed by atoms with Crippen molar-refractivity contribution in [2.24, 2.45) is 0 Å². The molecule has 0 rings (SSSR count). The zero-order valence-electron chi connectivity index (χ0n) is 9.65. The first-order valence-corrected chi connectivity index (χ1v) is 5.48. The largest absolute Gasteiger partial charge is 0.502 e. The third-order valence-electron chi connectivity index (χ3n) is 2.15. The van der Waals surface area contributed by atoms with E-state index in [0.717, 1.165) is 13.0 Å². The quantitative estimate of drug-likeness (QED) is 0.492. The van der Waals surface area contributed by atoms with E-state index in [4.69, 9.17) is 4.74 Å². The van der Waals surface area contributed by atoms with Crippen LogP contribution in [0.5, 0.6) is 0 Å². The maximum Gasteiger partial charge on any atom is 0.389 e. The van der Waals surface area contributed by atoms with E-state index in [2.05, 4.69) is 11.9 Å². The summed E-state index contributed by atoms with van der Waals surface area (Å²) in [7, 11) is 0. The van der Waals surface area contributed by atoms with Gasteiger partial charge >= 0.3 is 6.18 Å². The molecule has 0 fully saturated rings. The lowest BCUT2D eigenvalue weighted by atomic mass is 10.1. The van der Waals surface area contributed by atoms with E-state index in [9.17, 15) is 13.2 Å². The second kappa shape index (κ2) is 8.44. The average molecular weight is 239 g/mol. The molecule has 0 aliphatic carbocycles. The van der Waals surface area contributed by atoms with Gasteiger partial charge in [-0.1, -0.05) is 6.58 Å². The molecule has 0 aromatic heterocycles. The Labute approximate surface area is 94.9 Å². The van der Waals surface area contributed by atoms with Crippen molar-refractivity contribution in [2.75, 3.05) is 13.2 Å². The smallest absolute Gasteiger partial charge is 0.389 e. The Bertz CT molecular complexity index is 183. The van der Waals surface area contributed by atoms with Gasteiger partial charge in [-0.2, -0.15) is 13.2 Å². The Kier molecular flexibility index (Phi) is 8.07. The van der Waals surface area contributed by atoms with Gasteiger partial charge in [0.05, 0.1) is 12.9 Å². The van der Waals surface area contributed by atoms with Crippen molar-refractivity contribution in [1.29, 1.82) is 0 Å². The van der Waals surface area contributed by atoms with Crippen LogP contribution in [0.1, 0.15) is 32.6 Å². The molecule has 96 valence electrons.